The van der Waals surface area contributed by atoms with E-state index in [-0.39, 0.29) is 12.5 Å². The molecule has 0 aliphatic rings. The average molecular weight is 353 g/mol. The van der Waals surface area contributed by atoms with Gasteiger partial charge in [-0.25, -0.2) is 0 Å². The van der Waals surface area contributed by atoms with E-state index in [2.05, 4.69) is 10.5 Å². The third-order valence-electron chi connectivity index (χ3n) is 2.93. The first-order chi connectivity index (χ1) is 10.6. The average Bonchev–Trinajstić information content (AvgIpc) is 3.16. The van der Waals surface area contributed by atoms with E-state index in [4.69, 9.17) is 27.7 Å². The first-order valence-corrected chi connectivity index (χ1v) is 8.00. The number of aromatic nitrogens is 1. The number of amides is 1. The maximum absolute atomic E-state index is 12.1. The molecule has 7 heteroatoms. The van der Waals surface area contributed by atoms with E-state index in [1.165, 1.54) is 6.07 Å². The fraction of sp³-hybridized carbons (Fsp3) is 0.0667. The second-order valence-corrected chi connectivity index (χ2v) is 6.26. The van der Waals surface area contributed by atoms with Crippen LogP contribution in [0.1, 0.15) is 16.1 Å². The molecule has 0 aliphatic carbocycles. The van der Waals surface area contributed by atoms with E-state index < -0.39 is 0 Å². The molecule has 0 bridgehead atoms. The number of hydrogen-bond acceptors (Lipinski definition) is 4. The van der Waals surface area contributed by atoms with Crippen molar-refractivity contribution >= 4 is 40.4 Å². The molecule has 2 aromatic heterocycles. The first-order valence-electron chi connectivity index (χ1n) is 6.36. The third-order valence-corrected chi connectivity index (χ3v) is 4.36. The van der Waals surface area contributed by atoms with Crippen LogP contribution in [0, 0.1) is 0 Å². The number of carbonyl (C=O) groups is 1. The largest absolute Gasteiger partial charge is 0.355 e. The number of nitrogens with one attached hydrogen (secondary N) is 1. The quantitative estimate of drug-likeness (QED) is 0.743. The second-order valence-electron chi connectivity index (χ2n) is 4.47. The Morgan fingerprint density at radius 2 is 2.14 bits per heavy atom. The van der Waals surface area contributed by atoms with Crippen molar-refractivity contribution in [3.8, 4) is 10.6 Å². The molecule has 0 atom stereocenters. The van der Waals surface area contributed by atoms with Crippen LogP contribution in [-0.4, -0.2) is 11.1 Å². The molecule has 1 aromatic carbocycles. The Kier molecular flexibility index (Phi) is 4.47. The summed E-state index contributed by atoms with van der Waals surface area (Å²) in [6.07, 6.45) is 0. The molecular formula is C15H10Cl2N2O2S. The molecule has 3 aromatic rings. The minimum Gasteiger partial charge on any atom is -0.355 e. The fourth-order valence-electron chi connectivity index (χ4n) is 1.87. The monoisotopic (exact) mass is 352 g/mol. The smallest absolute Gasteiger partial charge is 0.253 e. The van der Waals surface area contributed by atoms with E-state index in [9.17, 15) is 4.79 Å². The summed E-state index contributed by atoms with van der Waals surface area (Å²) in [5, 5.41) is 9.44. The highest BCUT2D eigenvalue weighted by Crippen LogP contribution is 2.25. The van der Waals surface area contributed by atoms with Crippen molar-refractivity contribution in [2.24, 2.45) is 0 Å². The van der Waals surface area contributed by atoms with Crippen LogP contribution in [0.15, 0.2) is 46.3 Å². The van der Waals surface area contributed by atoms with Crippen LogP contribution < -0.4 is 5.32 Å². The van der Waals surface area contributed by atoms with Crippen molar-refractivity contribution < 1.29 is 9.32 Å². The van der Waals surface area contributed by atoms with Crippen LogP contribution in [0.4, 0.5) is 0 Å². The van der Waals surface area contributed by atoms with Gasteiger partial charge in [-0.05, 0) is 29.6 Å². The molecular weight excluding hydrogens is 343 g/mol. The molecule has 0 saturated heterocycles. The van der Waals surface area contributed by atoms with Crippen LogP contribution in [0.3, 0.4) is 0 Å². The van der Waals surface area contributed by atoms with Crippen molar-refractivity contribution in [1.82, 2.24) is 10.5 Å². The molecule has 4 nitrogen and oxygen atoms in total. The lowest BCUT2D eigenvalue weighted by Gasteiger charge is -2.05. The highest BCUT2D eigenvalue weighted by atomic mass is 35.5. The Labute approximate surface area is 140 Å². The van der Waals surface area contributed by atoms with Crippen LogP contribution in [0.5, 0.6) is 0 Å². The van der Waals surface area contributed by atoms with Gasteiger partial charge in [-0.2, -0.15) is 0 Å². The molecule has 112 valence electrons. The van der Waals surface area contributed by atoms with E-state index in [1.807, 2.05) is 17.5 Å². The standard InChI is InChI=1S/C15H10Cl2N2O2S/c16-9-3-4-11(12(17)6-9)15(20)18-8-10-7-13(21-19-10)14-2-1-5-22-14/h1-7H,8H2,(H,18,20). The Bertz CT molecular complexity index is 800. The summed E-state index contributed by atoms with van der Waals surface area (Å²) in [5.41, 5.74) is 1.01. The molecule has 2 heterocycles. The maximum Gasteiger partial charge on any atom is 0.253 e. The lowest BCUT2D eigenvalue weighted by atomic mass is 10.2. The number of hydrogen-bond donors (Lipinski definition) is 1. The Hall–Kier alpha value is -1.82. The van der Waals surface area contributed by atoms with E-state index in [0.29, 0.717) is 27.1 Å². The summed E-state index contributed by atoms with van der Waals surface area (Å²) in [6.45, 7) is 0.257. The first kappa shape index (κ1) is 15.1. The van der Waals surface area contributed by atoms with Crippen LogP contribution in [0.2, 0.25) is 10.0 Å². The minimum atomic E-state index is -0.289. The van der Waals surface area contributed by atoms with Gasteiger partial charge in [-0.15, -0.1) is 11.3 Å². The second kappa shape index (κ2) is 6.52. The predicted octanol–water partition coefficient (Wildman–Crippen LogP) is 4.64. The molecule has 1 amide bonds. The van der Waals surface area contributed by atoms with Crippen molar-refractivity contribution in [1.29, 1.82) is 0 Å². The molecule has 0 saturated carbocycles. The van der Waals surface area contributed by atoms with Gasteiger partial charge in [0.2, 0.25) is 0 Å². The zero-order valence-electron chi connectivity index (χ0n) is 11.2. The molecule has 22 heavy (non-hydrogen) atoms. The number of thiophene rings is 1. The predicted molar refractivity (Wildman–Crippen MR) is 87.4 cm³/mol. The van der Waals surface area contributed by atoms with E-state index >= 15 is 0 Å². The summed E-state index contributed by atoms with van der Waals surface area (Å²) in [5.74, 6) is 0.395. The van der Waals surface area contributed by atoms with Gasteiger partial charge in [0.15, 0.2) is 5.76 Å². The van der Waals surface area contributed by atoms with Gasteiger partial charge >= 0.3 is 0 Å². The highest BCUT2D eigenvalue weighted by molar-refractivity contribution is 7.13. The minimum absolute atomic E-state index is 0.257. The zero-order chi connectivity index (χ0) is 15.5. The molecule has 1 N–H and O–H groups in total. The van der Waals surface area contributed by atoms with Gasteiger partial charge < -0.3 is 9.84 Å². The van der Waals surface area contributed by atoms with Gasteiger partial charge in [0.1, 0.15) is 5.69 Å². The number of nitrogens with zero attached hydrogens (tertiary/aromatic N) is 1. The van der Waals surface area contributed by atoms with Gasteiger partial charge in [0.25, 0.3) is 5.91 Å². The van der Waals surface area contributed by atoms with Crippen molar-refractivity contribution in [2.45, 2.75) is 6.54 Å². The Balaban J connectivity index is 1.66. The topological polar surface area (TPSA) is 55.1 Å². The van der Waals surface area contributed by atoms with Crippen LogP contribution in [0.25, 0.3) is 10.6 Å². The normalized spacial score (nSPS) is 10.6. The SMILES string of the molecule is O=C(NCc1cc(-c2cccs2)on1)c1ccc(Cl)cc1Cl. The molecule has 0 spiro atoms. The Morgan fingerprint density at radius 3 is 2.86 bits per heavy atom. The van der Waals surface area contributed by atoms with Crippen molar-refractivity contribution in [3.05, 3.63) is 63.1 Å². The van der Waals surface area contributed by atoms with Gasteiger partial charge in [0.05, 0.1) is 22.0 Å². The molecule has 0 fully saturated rings. The van der Waals surface area contributed by atoms with E-state index in [1.54, 1.807) is 29.5 Å². The Morgan fingerprint density at radius 1 is 1.27 bits per heavy atom. The summed E-state index contributed by atoms with van der Waals surface area (Å²) in [4.78, 5) is 13.1. The van der Waals surface area contributed by atoms with Gasteiger partial charge in [-0.1, -0.05) is 34.4 Å². The van der Waals surface area contributed by atoms with Gasteiger partial charge in [-0.3, -0.25) is 4.79 Å². The molecule has 3 rings (SSSR count). The number of carbonyl (C=O) groups excluding carboxylic acids is 1. The van der Waals surface area contributed by atoms with Crippen LogP contribution in [-0.2, 0) is 6.54 Å². The number of halogens is 2. The lowest BCUT2D eigenvalue weighted by Crippen LogP contribution is -2.23. The third kappa shape index (κ3) is 3.32. The van der Waals surface area contributed by atoms with E-state index in [0.717, 1.165) is 4.88 Å². The fourth-order valence-corrected chi connectivity index (χ4v) is 3.04. The van der Waals surface area contributed by atoms with Crippen molar-refractivity contribution in [2.75, 3.05) is 0 Å². The zero-order valence-corrected chi connectivity index (χ0v) is 13.5. The summed E-state index contributed by atoms with van der Waals surface area (Å²) < 4.78 is 5.25. The lowest BCUT2D eigenvalue weighted by molar-refractivity contribution is 0.0950. The summed E-state index contributed by atoms with van der Waals surface area (Å²) in [7, 11) is 0. The van der Waals surface area contributed by atoms with Crippen LogP contribution >= 0.6 is 34.5 Å². The maximum atomic E-state index is 12.1. The summed E-state index contributed by atoms with van der Waals surface area (Å²) in [6, 6.07) is 10.4. The number of benzene rings is 1. The number of rotatable bonds is 4. The molecule has 0 unspecified atom stereocenters. The van der Waals surface area contributed by atoms with Gasteiger partial charge in [0, 0.05) is 11.1 Å². The molecule has 0 aliphatic heterocycles. The van der Waals surface area contributed by atoms with Crippen molar-refractivity contribution in [3.63, 3.8) is 0 Å². The molecule has 0 radical (unpaired) electrons. The highest BCUT2D eigenvalue weighted by Gasteiger charge is 2.12. The summed E-state index contributed by atoms with van der Waals surface area (Å²) >= 11 is 13.4.